The molecule has 0 unspecified atom stereocenters. The molecule has 4 nitrogen and oxygen atoms in total. The van der Waals surface area contributed by atoms with Gasteiger partial charge in [-0.05, 0) is 49.2 Å². The molecule has 8 heteroatoms. The van der Waals surface area contributed by atoms with Crippen LogP contribution in [0.2, 0.25) is 5.02 Å². The van der Waals surface area contributed by atoms with Crippen LogP contribution >= 0.6 is 11.6 Å². The first kappa shape index (κ1) is 21.8. The van der Waals surface area contributed by atoms with Crippen LogP contribution < -0.4 is 0 Å². The Morgan fingerprint density at radius 2 is 2.00 bits per heavy atom. The molecule has 0 fully saturated rings. The summed E-state index contributed by atoms with van der Waals surface area (Å²) >= 11 is 6.27. The van der Waals surface area contributed by atoms with E-state index in [1.54, 1.807) is 19.3 Å². The predicted molar refractivity (Wildman–Crippen MR) is 103 cm³/mol. The fourth-order valence-electron chi connectivity index (χ4n) is 2.28. The van der Waals surface area contributed by atoms with Crippen LogP contribution in [0, 0.1) is 6.92 Å². The van der Waals surface area contributed by atoms with Gasteiger partial charge in [-0.3, -0.25) is 0 Å². The maximum atomic E-state index is 12.8. The average molecular weight is 413 g/mol. The van der Waals surface area contributed by atoms with Crippen molar-refractivity contribution in [3.05, 3.63) is 63.7 Å². The molecule has 0 N–H and O–H groups in total. The van der Waals surface area contributed by atoms with Crippen LogP contribution in [0.4, 0.5) is 18.9 Å². The molecule has 0 spiro atoms. The Bertz CT molecular complexity index is 882. The van der Waals surface area contributed by atoms with Gasteiger partial charge in [0.15, 0.2) is 0 Å². The Hall–Kier alpha value is -2.54. The maximum absolute atomic E-state index is 12.8. The Kier molecular flexibility index (Phi) is 7.07. The summed E-state index contributed by atoms with van der Waals surface area (Å²) in [7, 11) is 1.87. The third kappa shape index (κ3) is 5.48. The largest absolute Gasteiger partial charge is 0.457 e. The van der Waals surface area contributed by atoms with Gasteiger partial charge in [0.25, 0.3) is 0 Å². The van der Waals surface area contributed by atoms with Crippen molar-refractivity contribution >= 4 is 29.6 Å². The van der Waals surface area contributed by atoms with Crippen molar-refractivity contribution in [1.29, 1.82) is 0 Å². The van der Waals surface area contributed by atoms with Gasteiger partial charge in [-0.25, -0.2) is 9.79 Å². The quantitative estimate of drug-likeness (QED) is 0.350. The molecule has 150 valence electrons. The van der Waals surface area contributed by atoms with Crippen LogP contribution in [0.15, 0.2) is 41.4 Å². The highest BCUT2D eigenvalue weighted by molar-refractivity contribution is 6.34. The van der Waals surface area contributed by atoms with E-state index in [2.05, 4.69) is 4.99 Å². The summed E-state index contributed by atoms with van der Waals surface area (Å²) in [6, 6.07) is 7.76. The SMILES string of the molecule is CCN(C)C=Nc1ccc(C(=O)OCc2cccc(C(F)(F)F)c2)c(Cl)c1C. The zero-order valence-electron chi connectivity index (χ0n) is 15.7. The molecule has 0 radical (unpaired) electrons. The molecule has 0 saturated heterocycles. The summed E-state index contributed by atoms with van der Waals surface area (Å²) in [5.74, 6) is -0.716. The minimum Gasteiger partial charge on any atom is -0.457 e. The minimum atomic E-state index is -4.46. The lowest BCUT2D eigenvalue weighted by molar-refractivity contribution is -0.137. The molecule has 0 bridgehead atoms. The number of alkyl halides is 3. The fraction of sp³-hybridized carbons (Fsp3) is 0.300. The molecule has 0 aromatic heterocycles. The van der Waals surface area contributed by atoms with E-state index in [0.29, 0.717) is 11.3 Å². The first-order chi connectivity index (χ1) is 13.1. The molecule has 2 rings (SSSR count). The third-order valence-corrected chi connectivity index (χ3v) is 4.58. The smallest absolute Gasteiger partial charge is 0.416 e. The van der Waals surface area contributed by atoms with E-state index in [9.17, 15) is 18.0 Å². The molecule has 2 aromatic rings. The molecule has 2 aromatic carbocycles. The predicted octanol–water partition coefficient (Wildman–Crippen LogP) is 5.64. The number of carbonyl (C=O) groups excluding carboxylic acids is 1. The Morgan fingerprint density at radius 3 is 2.64 bits per heavy atom. The van der Waals surface area contributed by atoms with Gasteiger partial charge in [0, 0.05) is 13.6 Å². The molecule has 0 saturated carbocycles. The number of ether oxygens (including phenoxy) is 1. The van der Waals surface area contributed by atoms with Crippen LogP contribution in [-0.4, -0.2) is 30.8 Å². The number of carbonyl (C=O) groups is 1. The Labute approximate surface area is 166 Å². The summed E-state index contributed by atoms with van der Waals surface area (Å²) in [6.07, 6.45) is -2.80. The third-order valence-electron chi connectivity index (χ3n) is 4.09. The van der Waals surface area contributed by atoms with E-state index in [4.69, 9.17) is 16.3 Å². The summed E-state index contributed by atoms with van der Waals surface area (Å²) in [5.41, 5.74) is 0.790. The van der Waals surface area contributed by atoms with Gasteiger partial charge >= 0.3 is 12.1 Å². The van der Waals surface area contributed by atoms with E-state index in [-0.39, 0.29) is 22.8 Å². The minimum absolute atomic E-state index is 0.133. The molecular formula is C20H20ClF3N2O2. The summed E-state index contributed by atoms with van der Waals surface area (Å²) in [6.45, 7) is 4.20. The molecular weight excluding hydrogens is 393 g/mol. The van der Waals surface area contributed by atoms with E-state index < -0.39 is 17.7 Å². The highest BCUT2D eigenvalue weighted by Crippen LogP contribution is 2.31. The van der Waals surface area contributed by atoms with E-state index >= 15 is 0 Å². The van der Waals surface area contributed by atoms with Crippen LogP contribution in [0.5, 0.6) is 0 Å². The van der Waals surface area contributed by atoms with Crippen molar-refractivity contribution in [2.24, 2.45) is 4.99 Å². The number of nitrogens with zero attached hydrogens (tertiary/aromatic N) is 2. The summed E-state index contributed by atoms with van der Waals surface area (Å²) in [4.78, 5) is 18.5. The van der Waals surface area contributed by atoms with Gasteiger partial charge in [-0.1, -0.05) is 23.7 Å². The number of aliphatic imine (C=N–C) groups is 1. The van der Waals surface area contributed by atoms with Crippen LogP contribution in [0.1, 0.15) is 34.0 Å². The standard InChI is InChI=1S/C20H20ClF3N2O2/c1-4-26(3)12-25-17-9-8-16(18(21)13(17)2)19(27)28-11-14-6-5-7-15(10-14)20(22,23)24/h5-10,12H,4,11H2,1-3H3. The summed E-state index contributed by atoms with van der Waals surface area (Å²) in [5, 5.41) is 0.197. The molecule has 0 aliphatic carbocycles. The van der Waals surface area contributed by atoms with Crippen molar-refractivity contribution in [1.82, 2.24) is 4.90 Å². The van der Waals surface area contributed by atoms with Gasteiger partial charge in [0.2, 0.25) is 0 Å². The van der Waals surface area contributed by atoms with Crippen molar-refractivity contribution in [3.63, 3.8) is 0 Å². The van der Waals surface area contributed by atoms with E-state index in [1.807, 2.05) is 18.9 Å². The maximum Gasteiger partial charge on any atom is 0.416 e. The topological polar surface area (TPSA) is 41.9 Å². The molecule has 0 atom stereocenters. The lowest BCUT2D eigenvalue weighted by Crippen LogP contribution is -2.14. The van der Waals surface area contributed by atoms with Crippen LogP contribution in [-0.2, 0) is 17.5 Å². The second-order valence-electron chi connectivity index (χ2n) is 6.16. The molecule has 0 aliphatic rings. The Morgan fingerprint density at radius 1 is 1.29 bits per heavy atom. The molecule has 28 heavy (non-hydrogen) atoms. The lowest BCUT2D eigenvalue weighted by atomic mass is 10.1. The zero-order valence-corrected chi connectivity index (χ0v) is 16.4. The fourth-order valence-corrected chi connectivity index (χ4v) is 2.52. The number of hydrogen-bond acceptors (Lipinski definition) is 3. The zero-order chi connectivity index (χ0) is 20.9. The number of benzene rings is 2. The van der Waals surface area contributed by atoms with Crippen LogP contribution in [0.25, 0.3) is 0 Å². The van der Waals surface area contributed by atoms with E-state index in [0.717, 1.165) is 18.7 Å². The van der Waals surface area contributed by atoms with Gasteiger partial charge in [0.1, 0.15) is 6.61 Å². The van der Waals surface area contributed by atoms with Gasteiger partial charge in [-0.2, -0.15) is 13.2 Å². The molecule has 0 heterocycles. The van der Waals surface area contributed by atoms with Crippen molar-refractivity contribution in [3.8, 4) is 0 Å². The van der Waals surface area contributed by atoms with Crippen LogP contribution in [0.3, 0.4) is 0 Å². The van der Waals surface area contributed by atoms with Crippen molar-refractivity contribution < 1.29 is 22.7 Å². The van der Waals surface area contributed by atoms with Crippen molar-refractivity contribution in [2.75, 3.05) is 13.6 Å². The second kappa shape index (κ2) is 9.10. The van der Waals surface area contributed by atoms with E-state index in [1.165, 1.54) is 18.2 Å². The number of esters is 1. The highest BCUT2D eigenvalue weighted by atomic mass is 35.5. The number of hydrogen-bond donors (Lipinski definition) is 0. The molecule has 0 aliphatic heterocycles. The number of rotatable bonds is 6. The van der Waals surface area contributed by atoms with Crippen molar-refractivity contribution in [2.45, 2.75) is 26.6 Å². The number of halogens is 4. The van der Waals surface area contributed by atoms with Gasteiger partial charge in [-0.15, -0.1) is 0 Å². The highest BCUT2D eigenvalue weighted by Gasteiger charge is 2.30. The molecule has 0 amide bonds. The average Bonchev–Trinajstić information content (AvgIpc) is 2.66. The summed E-state index contributed by atoms with van der Waals surface area (Å²) < 4.78 is 43.4. The van der Waals surface area contributed by atoms with Gasteiger partial charge < -0.3 is 9.64 Å². The Balaban J connectivity index is 2.13. The lowest BCUT2D eigenvalue weighted by Gasteiger charge is -2.12. The monoisotopic (exact) mass is 412 g/mol. The van der Waals surface area contributed by atoms with Gasteiger partial charge in [0.05, 0.1) is 28.2 Å². The normalized spacial score (nSPS) is 11.7. The first-order valence-corrected chi connectivity index (χ1v) is 8.88. The first-order valence-electron chi connectivity index (χ1n) is 8.50. The second-order valence-corrected chi connectivity index (χ2v) is 6.54.